The Morgan fingerprint density at radius 3 is 2.40 bits per heavy atom. The van der Waals surface area contributed by atoms with Crippen molar-refractivity contribution in [3.05, 3.63) is 83.2 Å². The Morgan fingerprint density at radius 1 is 0.971 bits per heavy atom. The number of anilines is 2. The normalized spacial score (nSPS) is 11.1. The maximum absolute atomic E-state index is 13.0. The number of para-hydroxylation sites is 1. The number of thiazole rings is 1. The smallest absolute Gasteiger partial charge is 0.261 e. The van der Waals surface area contributed by atoms with Gasteiger partial charge in [-0.3, -0.25) is 14.8 Å². The minimum atomic E-state index is -3.92. The Kier molecular flexibility index (Phi) is 7.04. The van der Waals surface area contributed by atoms with Crippen LogP contribution in [-0.2, 0) is 10.0 Å². The Morgan fingerprint density at radius 2 is 1.71 bits per heavy atom. The first-order valence-electron chi connectivity index (χ1n) is 10.5. The summed E-state index contributed by atoms with van der Waals surface area (Å²) in [6.45, 7) is 1.95. The molecule has 8 nitrogen and oxygen atoms in total. The van der Waals surface area contributed by atoms with Crippen molar-refractivity contribution >= 4 is 38.1 Å². The van der Waals surface area contributed by atoms with E-state index >= 15 is 0 Å². The van der Waals surface area contributed by atoms with Crippen molar-refractivity contribution in [2.75, 3.05) is 24.3 Å². The van der Waals surface area contributed by atoms with Crippen molar-refractivity contribution < 1.29 is 22.7 Å². The number of nitrogens with zero attached hydrogens (tertiary/aromatic N) is 1. The van der Waals surface area contributed by atoms with E-state index in [1.165, 1.54) is 36.6 Å². The summed E-state index contributed by atoms with van der Waals surface area (Å²) in [7, 11) is -0.799. The van der Waals surface area contributed by atoms with E-state index in [4.69, 9.17) is 9.47 Å². The van der Waals surface area contributed by atoms with Gasteiger partial charge in [-0.15, -0.1) is 11.3 Å². The van der Waals surface area contributed by atoms with Gasteiger partial charge in [-0.05, 0) is 67.1 Å². The van der Waals surface area contributed by atoms with Crippen molar-refractivity contribution in [2.24, 2.45) is 0 Å². The fraction of sp³-hybridized carbons (Fsp3) is 0.120. The number of hydrogen-bond acceptors (Lipinski definition) is 7. The van der Waals surface area contributed by atoms with Crippen LogP contribution >= 0.6 is 11.3 Å². The Bertz CT molecular complexity index is 1460. The molecule has 0 spiro atoms. The third-order valence-corrected chi connectivity index (χ3v) is 7.34. The van der Waals surface area contributed by atoms with Gasteiger partial charge >= 0.3 is 0 Å². The first kappa shape index (κ1) is 24.2. The van der Waals surface area contributed by atoms with Gasteiger partial charge in [-0.1, -0.05) is 12.1 Å². The van der Waals surface area contributed by atoms with Crippen LogP contribution in [0, 0.1) is 6.92 Å². The summed E-state index contributed by atoms with van der Waals surface area (Å²) in [5.41, 5.74) is 2.91. The zero-order valence-corrected chi connectivity index (χ0v) is 20.9. The summed E-state index contributed by atoms with van der Waals surface area (Å²) in [5.74, 6) is 0.840. The molecular formula is C25H23N3O5S2. The maximum atomic E-state index is 13.0. The van der Waals surface area contributed by atoms with Gasteiger partial charge in [0.25, 0.3) is 15.9 Å². The molecule has 0 fully saturated rings. The second-order valence-electron chi connectivity index (χ2n) is 7.50. The van der Waals surface area contributed by atoms with Gasteiger partial charge in [0.2, 0.25) is 0 Å². The number of ether oxygens (including phenoxy) is 2. The molecule has 0 aliphatic heterocycles. The van der Waals surface area contributed by atoms with Gasteiger partial charge < -0.3 is 9.47 Å². The average Bonchev–Trinajstić information content (AvgIpc) is 3.32. The van der Waals surface area contributed by atoms with E-state index in [-0.39, 0.29) is 16.1 Å². The van der Waals surface area contributed by atoms with Gasteiger partial charge in [0.15, 0.2) is 5.13 Å². The van der Waals surface area contributed by atoms with Crippen molar-refractivity contribution in [2.45, 2.75) is 11.8 Å². The van der Waals surface area contributed by atoms with Crippen LogP contribution in [0.4, 0.5) is 10.8 Å². The summed E-state index contributed by atoms with van der Waals surface area (Å²) in [5, 5.41) is 5.00. The molecule has 4 rings (SSSR count). The molecule has 35 heavy (non-hydrogen) atoms. The average molecular weight is 510 g/mol. The molecule has 1 aromatic heterocycles. The van der Waals surface area contributed by atoms with E-state index in [0.29, 0.717) is 16.6 Å². The summed E-state index contributed by atoms with van der Waals surface area (Å²) in [4.78, 5) is 17.6. The molecule has 10 heteroatoms. The fourth-order valence-electron chi connectivity index (χ4n) is 3.39. The molecular weight excluding hydrogens is 486 g/mol. The number of aryl methyl sites for hydroxylation is 1. The molecule has 4 aromatic rings. The number of methoxy groups -OCH3 is 2. The van der Waals surface area contributed by atoms with E-state index in [1.54, 1.807) is 37.4 Å². The molecule has 0 bridgehead atoms. The highest BCUT2D eigenvalue weighted by Crippen LogP contribution is 2.29. The highest BCUT2D eigenvalue weighted by atomic mass is 32.2. The van der Waals surface area contributed by atoms with Crippen molar-refractivity contribution in [1.82, 2.24) is 4.98 Å². The number of hydrogen-bond donors (Lipinski definition) is 2. The fourth-order valence-corrected chi connectivity index (χ4v) is 5.19. The first-order chi connectivity index (χ1) is 16.8. The van der Waals surface area contributed by atoms with Gasteiger partial charge in [0, 0.05) is 10.9 Å². The molecule has 1 amide bonds. The van der Waals surface area contributed by atoms with Gasteiger partial charge in [-0.2, -0.15) is 0 Å². The minimum Gasteiger partial charge on any atom is -0.497 e. The summed E-state index contributed by atoms with van der Waals surface area (Å²) in [6, 6.07) is 18.1. The lowest BCUT2D eigenvalue weighted by molar-refractivity contribution is 0.102. The summed E-state index contributed by atoms with van der Waals surface area (Å²) in [6.07, 6.45) is 0. The standard InChI is InChI=1S/C25H23N3O5S2/c1-16-14-17(8-13-23(16)33-3)22-15-34-25(26-22)27-24(29)20-6-4-5-7-21(20)28-35(30,31)19-11-9-18(32-2)10-12-19/h4-15,28H,1-3H3,(H,26,27,29). The summed E-state index contributed by atoms with van der Waals surface area (Å²) < 4.78 is 38.6. The molecule has 0 radical (unpaired) electrons. The van der Waals surface area contributed by atoms with E-state index in [2.05, 4.69) is 15.0 Å². The van der Waals surface area contributed by atoms with Crippen LogP contribution in [0.15, 0.2) is 77.0 Å². The lowest BCUT2D eigenvalue weighted by Crippen LogP contribution is -2.18. The number of amides is 1. The number of aromatic nitrogens is 1. The quantitative estimate of drug-likeness (QED) is 0.339. The first-order valence-corrected chi connectivity index (χ1v) is 12.8. The molecule has 3 aromatic carbocycles. The SMILES string of the molecule is COc1ccc(S(=O)(=O)Nc2ccccc2C(=O)Nc2nc(-c3ccc(OC)c(C)c3)cs2)cc1. The van der Waals surface area contributed by atoms with Crippen LogP contribution < -0.4 is 19.5 Å². The predicted molar refractivity (Wildman–Crippen MR) is 137 cm³/mol. The van der Waals surface area contributed by atoms with Crippen LogP contribution in [-0.4, -0.2) is 33.5 Å². The molecule has 0 atom stereocenters. The highest BCUT2D eigenvalue weighted by molar-refractivity contribution is 7.92. The molecule has 0 saturated heterocycles. The minimum absolute atomic E-state index is 0.0489. The molecule has 0 aliphatic rings. The molecule has 180 valence electrons. The number of carbonyl (C=O) groups excluding carboxylic acids is 1. The van der Waals surface area contributed by atoms with Crippen LogP contribution in [0.2, 0.25) is 0 Å². The largest absolute Gasteiger partial charge is 0.497 e. The zero-order chi connectivity index (χ0) is 25.0. The summed E-state index contributed by atoms with van der Waals surface area (Å²) >= 11 is 1.28. The van der Waals surface area contributed by atoms with Crippen LogP contribution in [0.3, 0.4) is 0 Å². The second-order valence-corrected chi connectivity index (χ2v) is 10.0. The van der Waals surface area contributed by atoms with Crippen LogP contribution in [0.5, 0.6) is 11.5 Å². The van der Waals surface area contributed by atoms with Crippen molar-refractivity contribution in [3.8, 4) is 22.8 Å². The number of nitrogens with one attached hydrogen (secondary N) is 2. The molecule has 0 saturated carbocycles. The Labute approximate surface area is 207 Å². The Hall–Kier alpha value is -3.89. The maximum Gasteiger partial charge on any atom is 0.261 e. The molecule has 1 heterocycles. The topological polar surface area (TPSA) is 107 Å². The van der Waals surface area contributed by atoms with E-state index in [9.17, 15) is 13.2 Å². The van der Waals surface area contributed by atoms with Crippen molar-refractivity contribution in [1.29, 1.82) is 0 Å². The van der Waals surface area contributed by atoms with E-state index < -0.39 is 15.9 Å². The van der Waals surface area contributed by atoms with Crippen molar-refractivity contribution in [3.63, 3.8) is 0 Å². The van der Waals surface area contributed by atoms with Crippen LogP contribution in [0.25, 0.3) is 11.3 Å². The number of carbonyl (C=O) groups is 1. The monoisotopic (exact) mass is 509 g/mol. The molecule has 0 aliphatic carbocycles. The second kappa shape index (κ2) is 10.2. The molecule has 0 unspecified atom stereocenters. The predicted octanol–water partition coefficient (Wildman–Crippen LogP) is 5.19. The van der Waals surface area contributed by atoms with Gasteiger partial charge in [0.05, 0.1) is 36.1 Å². The number of benzene rings is 3. The Balaban J connectivity index is 1.53. The number of rotatable bonds is 8. The number of sulfonamides is 1. The van der Waals surface area contributed by atoms with Gasteiger partial charge in [0.1, 0.15) is 11.5 Å². The van der Waals surface area contributed by atoms with E-state index in [0.717, 1.165) is 16.9 Å². The zero-order valence-electron chi connectivity index (χ0n) is 19.2. The highest BCUT2D eigenvalue weighted by Gasteiger charge is 2.19. The third kappa shape index (κ3) is 5.44. The molecule has 2 N–H and O–H groups in total. The van der Waals surface area contributed by atoms with Gasteiger partial charge in [-0.25, -0.2) is 13.4 Å². The van der Waals surface area contributed by atoms with Crippen LogP contribution in [0.1, 0.15) is 15.9 Å². The lowest BCUT2D eigenvalue weighted by atomic mass is 10.1. The lowest BCUT2D eigenvalue weighted by Gasteiger charge is -2.12. The third-order valence-electron chi connectivity index (χ3n) is 5.20. The van der Waals surface area contributed by atoms with E-state index in [1.807, 2.05) is 30.5 Å².